The van der Waals surface area contributed by atoms with E-state index in [4.69, 9.17) is 12.2 Å². The molecule has 0 bridgehead atoms. The summed E-state index contributed by atoms with van der Waals surface area (Å²) < 4.78 is 2.56. The Hall–Kier alpha value is -2.39. The number of rotatable bonds is 4. The lowest BCUT2D eigenvalue weighted by molar-refractivity contribution is -0.115. The lowest BCUT2D eigenvalue weighted by Crippen LogP contribution is -2.26. The summed E-state index contributed by atoms with van der Waals surface area (Å²) in [5, 5.41) is 9.86. The third kappa shape index (κ3) is 3.62. The van der Waals surface area contributed by atoms with Crippen LogP contribution in [0.1, 0.15) is 30.1 Å². The zero-order chi connectivity index (χ0) is 15.4. The van der Waals surface area contributed by atoms with Crippen molar-refractivity contribution in [2.75, 3.05) is 6.54 Å². The van der Waals surface area contributed by atoms with E-state index in [2.05, 4.69) is 27.4 Å². The van der Waals surface area contributed by atoms with E-state index < -0.39 is 0 Å². The van der Waals surface area contributed by atoms with Crippen molar-refractivity contribution in [1.29, 1.82) is 0 Å². The van der Waals surface area contributed by atoms with Gasteiger partial charge in [0.05, 0.1) is 0 Å². The summed E-state index contributed by atoms with van der Waals surface area (Å²) in [5.41, 5.74) is 0.825. The Bertz CT molecular complexity index is 778. The molecule has 5 nitrogen and oxygen atoms in total. The summed E-state index contributed by atoms with van der Waals surface area (Å²) in [4.78, 5) is 11.7. The van der Waals surface area contributed by atoms with Gasteiger partial charge in [0.25, 0.3) is 5.91 Å². The van der Waals surface area contributed by atoms with Gasteiger partial charge in [0.2, 0.25) is 0 Å². The zero-order valence-corrected chi connectivity index (χ0v) is 12.8. The molecule has 0 atom stereocenters. The normalized spacial score (nSPS) is 13.3. The van der Waals surface area contributed by atoms with Crippen molar-refractivity contribution in [3.8, 4) is 11.8 Å². The SMILES string of the molecule is O=C(C#Cc1ccccc1)NCCn1c(C2CC2)n[nH]c1=S. The standard InChI is InChI=1S/C16H16N4OS/c21-14(9-6-12-4-2-1-3-5-12)17-10-11-20-15(13-7-8-13)18-19-16(20)22/h1-5,13H,7-8,10-11H2,(H,17,21)(H,19,22). The predicted molar refractivity (Wildman–Crippen MR) is 85.7 cm³/mol. The average Bonchev–Trinajstić information content (AvgIpc) is 3.31. The number of carbonyl (C=O) groups is 1. The fourth-order valence-electron chi connectivity index (χ4n) is 2.17. The molecule has 1 aliphatic rings. The van der Waals surface area contributed by atoms with Crippen LogP contribution in [0, 0.1) is 16.6 Å². The first kappa shape index (κ1) is 14.5. The second-order valence-electron chi connectivity index (χ2n) is 5.18. The molecular weight excluding hydrogens is 296 g/mol. The molecule has 2 N–H and O–H groups in total. The van der Waals surface area contributed by atoms with E-state index >= 15 is 0 Å². The molecule has 0 spiro atoms. The number of hydrogen-bond acceptors (Lipinski definition) is 3. The molecule has 22 heavy (non-hydrogen) atoms. The van der Waals surface area contributed by atoms with E-state index in [-0.39, 0.29) is 5.91 Å². The fraction of sp³-hybridized carbons (Fsp3) is 0.312. The maximum Gasteiger partial charge on any atom is 0.296 e. The second kappa shape index (κ2) is 6.58. The molecule has 1 heterocycles. The van der Waals surface area contributed by atoms with Crippen molar-refractivity contribution in [2.24, 2.45) is 0 Å². The van der Waals surface area contributed by atoms with Gasteiger partial charge in [-0.05, 0) is 37.2 Å². The molecule has 3 rings (SSSR count). The van der Waals surface area contributed by atoms with Crippen LogP contribution in [-0.4, -0.2) is 27.2 Å². The average molecular weight is 312 g/mol. The molecule has 0 saturated heterocycles. The largest absolute Gasteiger partial charge is 0.343 e. The van der Waals surface area contributed by atoms with Crippen molar-refractivity contribution in [1.82, 2.24) is 20.1 Å². The van der Waals surface area contributed by atoms with Gasteiger partial charge in [0.15, 0.2) is 4.77 Å². The minimum Gasteiger partial charge on any atom is -0.343 e. The quantitative estimate of drug-likeness (QED) is 0.670. The molecule has 2 aromatic rings. The third-order valence-electron chi connectivity index (χ3n) is 3.45. The molecule has 1 aromatic carbocycles. The monoisotopic (exact) mass is 312 g/mol. The Morgan fingerprint density at radius 3 is 2.91 bits per heavy atom. The van der Waals surface area contributed by atoms with Crippen LogP contribution in [-0.2, 0) is 11.3 Å². The number of nitrogens with one attached hydrogen (secondary N) is 2. The van der Waals surface area contributed by atoms with Gasteiger partial charge >= 0.3 is 0 Å². The summed E-state index contributed by atoms with van der Waals surface area (Å²) in [7, 11) is 0. The van der Waals surface area contributed by atoms with Crippen LogP contribution >= 0.6 is 12.2 Å². The number of amides is 1. The van der Waals surface area contributed by atoms with Crippen molar-refractivity contribution < 1.29 is 4.79 Å². The first-order valence-corrected chi connectivity index (χ1v) is 7.65. The Morgan fingerprint density at radius 2 is 2.18 bits per heavy atom. The highest BCUT2D eigenvalue weighted by Gasteiger charge is 2.28. The molecule has 6 heteroatoms. The van der Waals surface area contributed by atoms with E-state index in [1.54, 1.807) is 0 Å². The van der Waals surface area contributed by atoms with Crippen LogP contribution in [0.25, 0.3) is 0 Å². The fourth-order valence-corrected chi connectivity index (χ4v) is 2.41. The number of aromatic nitrogens is 3. The van der Waals surface area contributed by atoms with Gasteiger partial charge < -0.3 is 9.88 Å². The van der Waals surface area contributed by atoms with Gasteiger partial charge in [-0.1, -0.05) is 24.1 Å². The molecular formula is C16H16N4OS. The van der Waals surface area contributed by atoms with Crippen molar-refractivity contribution in [3.63, 3.8) is 0 Å². The highest BCUT2D eigenvalue weighted by Crippen LogP contribution is 2.38. The number of nitrogens with zero attached hydrogens (tertiary/aromatic N) is 2. The van der Waals surface area contributed by atoms with Crippen LogP contribution in [0.2, 0.25) is 0 Å². The molecule has 1 saturated carbocycles. The second-order valence-corrected chi connectivity index (χ2v) is 5.57. The third-order valence-corrected chi connectivity index (χ3v) is 3.76. The Kier molecular flexibility index (Phi) is 4.35. The number of hydrogen-bond donors (Lipinski definition) is 2. The topological polar surface area (TPSA) is 62.7 Å². The maximum absolute atomic E-state index is 11.7. The van der Waals surface area contributed by atoms with Gasteiger partial charge in [-0.2, -0.15) is 5.10 Å². The number of carbonyl (C=O) groups excluding carboxylic acids is 1. The number of H-pyrrole nitrogens is 1. The Labute approximate surface area is 133 Å². The highest BCUT2D eigenvalue weighted by atomic mass is 32.1. The molecule has 112 valence electrons. The molecule has 0 aliphatic heterocycles. The van der Waals surface area contributed by atoms with Gasteiger partial charge in [0.1, 0.15) is 5.82 Å². The van der Waals surface area contributed by atoms with Crippen LogP contribution in [0.3, 0.4) is 0 Å². The molecule has 1 fully saturated rings. The van der Waals surface area contributed by atoms with E-state index in [1.807, 2.05) is 34.9 Å². The van der Waals surface area contributed by atoms with Crippen LogP contribution in [0.4, 0.5) is 0 Å². The first-order chi connectivity index (χ1) is 10.7. The number of aromatic amines is 1. The summed E-state index contributed by atoms with van der Waals surface area (Å²) in [6.45, 7) is 1.09. The van der Waals surface area contributed by atoms with Crippen molar-refractivity contribution >= 4 is 18.1 Å². The van der Waals surface area contributed by atoms with Gasteiger partial charge in [0, 0.05) is 30.5 Å². The summed E-state index contributed by atoms with van der Waals surface area (Å²) in [5.74, 6) is 6.64. The van der Waals surface area contributed by atoms with E-state index in [0.717, 1.165) is 24.2 Å². The smallest absolute Gasteiger partial charge is 0.296 e. The summed E-state index contributed by atoms with van der Waals surface area (Å²) >= 11 is 5.22. The van der Waals surface area contributed by atoms with E-state index in [0.29, 0.717) is 23.8 Å². The summed E-state index contributed by atoms with van der Waals surface area (Å²) in [6, 6.07) is 9.43. The van der Waals surface area contributed by atoms with Gasteiger partial charge in [-0.25, -0.2) is 0 Å². The highest BCUT2D eigenvalue weighted by molar-refractivity contribution is 7.71. The van der Waals surface area contributed by atoms with E-state index in [1.165, 1.54) is 0 Å². The molecule has 0 unspecified atom stereocenters. The van der Waals surface area contributed by atoms with Crippen molar-refractivity contribution in [3.05, 3.63) is 46.5 Å². The lowest BCUT2D eigenvalue weighted by Gasteiger charge is -2.05. The van der Waals surface area contributed by atoms with Crippen molar-refractivity contribution in [2.45, 2.75) is 25.3 Å². The van der Waals surface area contributed by atoms with E-state index in [9.17, 15) is 4.79 Å². The lowest BCUT2D eigenvalue weighted by atomic mass is 10.2. The minimum atomic E-state index is -0.285. The zero-order valence-electron chi connectivity index (χ0n) is 12.0. The first-order valence-electron chi connectivity index (χ1n) is 7.24. The summed E-state index contributed by atoms with van der Waals surface area (Å²) in [6.07, 6.45) is 2.32. The molecule has 1 aliphatic carbocycles. The Morgan fingerprint density at radius 1 is 1.41 bits per heavy atom. The maximum atomic E-state index is 11.7. The van der Waals surface area contributed by atoms with Gasteiger partial charge in [-0.3, -0.25) is 9.89 Å². The van der Waals surface area contributed by atoms with Crippen LogP contribution < -0.4 is 5.32 Å². The minimum absolute atomic E-state index is 0.285. The van der Waals surface area contributed by atoms with Crippen LogP contribution in [0.5, 0.6) is 0 Å². The molecule has 0 radical (unpaired) electrons. The van der Waals surface area contributed by atoms with Gasteiger partial charge in [-0.15, -0.1) is 0 Å². The van der Waals surface area contributed by atoms with Crippen LogP contribution in [0.15, 0.2) is 30.3 Å². The number of benzene rings is 1. The molecule has 1 aromatic heterocycles. The Balaban J connectivity index is 1.53. The molecule has 1 amide bonds. The predicted octanol–water partition coefficient (Wildman–Crippen LogP) is 1.99.